The van der Waals surface area contributed by atoms with Crippen LogP contribution >= 0.6 is 0 Å². The molecule has 0 aromatic carbocycles. The van der Waals surface area contributed by atoms with Gasteiger partial charge in [-0.3, -0.25) is 4.21 Å². The van der Waals surface area contributed by atoms with E-state index in [0.29, 0.717) is 11.8 Å². The number of hydrogen-bond acceptors (Lipinski definition) is 4. The van der Waals surface area contributed by atoms with Gasteiger partial charge in [-0.05, 0) is 26.3 Å². The summed E-state index contributed by atoms with van der Waals surface area (Å²) in [5, 5.41) is 3.35. The summed E-state index contributed by atoms with van der Waals surface area (Å²) in [6, 6.07) is 0.456. The van der Waals surface area contributed by atoms with E-state index in [0.717, 1.165) is 19.3 Å². The Hall–Kier alpha value is 0.0600. The van der Waals surface area contributed by atoms with Gasteiger partial charge >= 0.3 is 0 Å². The quantitative estimate of drug-likeness (QED) is 0.744. The van der Waals surface area contributed by atoms with E-state index in [1.807, 2.05) is 7.05 Å². The van der Waals surface area contributed by atoms with Crippen LogP contribution in [-0.4, -0.2) is 48.7 Å². The number of rotatable bonds is 5. The minimum atomic E-state index is -2.98. The van der Waals surface area contributed by atoms with E-state index in [1.165, 1.54) is 6.26 Å². The molecular formula is C9H19NO3S2. The Morgan fingerprint density at radius 3 is 2.53 bits per heavy atom. The third-order valence-electron chi connectivity index (χ3n) is 2.82. The first kappa shape index (κ1) is 13.1. The fourth-order valence-corrected chi connectivity index (χ4v) is 4.89. The molecule has 0 spiro atoms. The molecule has 0 heterocycles. The second-order valence-corrected chi connectivity index (χ2v) is 8.23. The summed E-state index contributed by atoms with van der Waals surface area (Å²) in [7, 11) is -2.05. The zero-order valence-corrected chi connectivity index (χ0v) is 10.9. The summed E-state index contributed by atoms with van der Waals surface area (Å²) in [5.41, 5.74) is 0. The molecule has 0 saturated heterocycles. The molecule has 1 rings (SSSR count). The van der Waals surface area contributed by atoms with Crippen LogP contribution in [0.4, 0.5) is 0 Å². The number of nitrogens with one attached hydrogen (secondary N) is 1. The van der Waals surface area contributed by atoms with Crippen molar-refractivity contribution in [1.29, 1.82) is 0 Å². The molecule has 3 atom stereocenters. The molecule has 0 bridgehead atoms. The average Bonchev–Trinajstić information content (AvgIpc) is 2.61. The molecule has 0 aliphatic heterocycles. The van der Waals surface area contributed by atoms with Crippen LogP contribution in [0.15, 0.2) is 0 Å². The van der Waals surface area contributed by atoms with E-state index < -0.39 is 20.6 Å². The van der Waals surface area contributed by atoms with Gasteiger partial charge in [0.25, 0.3) is 0 Å². The number of sulfone groups is 1. The van der Waals surface area contributed by atoms with Crippen LogP contribution in [-0.2, 0) is 20.6 Å². The highest BCUT2D eigenvalue weighted by molar-refractivity contribution is 7.92. The summed E-state index contributed by atoms with van der Waals surface area (Å²) in [5.74, 6) is 0.334. The topological polar surface area (TPSA) is 63.2 Å². The Bertz CT molecular complexity index is 326. The van der Waals surface area contributed by atoms with E-state index in [2.05, 4.69) is 5.32 Å². The minimum absolute atomic E-state index is 0.0420. The van der Waals surface area contributed by atoms with Gasteiger partial charge in [-0.2, -0.15) is 0 Å². The molecule has 0 amide bonds. The van der Waals surface area contributed by atoms with Crippen LogP contribution in [0.5, 0.6) is 0 Å². The summed E-state index contributed by atoms with van der Waals surface area (Å²) in [4.78, 5) is 0. The Morgan fingerprint density at radius 1 is 1.40 bits per heavy atom. The predicted octanol–water partition coefficient (Wildman–Crippen LogP) is -0.0798. The zero-order chi connectivity index (χ0) is 11.5. The highest BCUT2D eigenvalue weighted by atomic mass is 32.2. The van der Waals surface area contributed by atoms with Gasteiger partial charge in [-0.25, -0.2) is 8.42 Å². The van der Waals surface area contributed by atoms with Crippen molar-refractivity contribution in [3.05, 3.63) is 0 Å². The van der Waals surface area contributed by atoms with Crippen molar-refractivity contribution in [2.24, 2.45) is 0 Å². The second-order valence-electron chi connectivity index (χ2n) is 4.14. The highest BCUT2D eigenvalue weighted by Gasteiger charge is 2.28. The lowest BCUT2D eigenvalue weighted by atomic mass is 10.3. The van der Waals surface area contributed by atoms with Gasteiger partial charge in [0, 0.05) is 34.1 Å². The first-order valence-corrected chi connectivity index (χ1v) is 8.59. The molecular weight excluding hydrogens is 234 g/mol. The molecule has 1 aliphatic rings. The Kier molecular flexibility index (Phi) is 4.73. The summed E-state index contributed by atoms with van der Waals surface area (Å²) in [6.07, 6.45) is 4.09. The van der Waals surface area contributed by atoms with Crippen molar-refractivity contribution in [2.45, 2.75) is 30.6 Å². The molecule has 0 aromatic heterocycles. The van der Waals surface area contributed by atoms with Crippen molar-refractivity contribution >= 4 is 20.6 Å². The standard InChI is InChI=1S/C9H19NO3S2/c1-10-8-3-4-9(7-8)14(11)5-6-15(2,12)13/h8-10H,3-7H2,1-2H3. The lowest BCUT2D eigenvalue weighted by molar-refractivity contribution is 0.581. The zero-order valence-electron chi connectivity index (χ0n) is 9.23. The normalized spacial score (nSPS) is 29.2. The van der Waals surface area contributed by atoms with Gasteiger partial charge in [0.05, 0.1) is 5.75 Å². The van der Waals surface area contributed by atoms with Crippen molar-refractivity contribution in [1.82, 2.24) is 5.32 Å². The predicted molar refractivity (Wildman–Crippen MR) is 63.2 cm³/mol. The lowest BCUT2D eigenvalue weighted by Crippen LogP contribution is -2.25. The van der Waals surface area contributed by atoms with Crippen LogP contribution in [0, 0.1) is 0 Å². The van der Waals surface area contributed by atoms with E-state index in [1.54, 1.807) is 0 Å². The molecule has 1 aliphatic carbocycles. The lowest BCUT2D eigenvalue weighted by Gasteiger charge is -2.10. The molecule has 3 unspecified atom stereocenters. The number of hydrogen-bond donors (Lipinski definition) is 1. The molecule has 0 aromatic rings. The van der Waals surface area contributed by atoms with Gasteiger partial charge in [0.15, 0.2) is 0 Å². The SMILES string of the molecule is CNC1CCC(S(=O)CCS(C)(=O)=O)C1. The van der Waals surface area contributed by atoms with Crippen LogP contribution < -0.4 is 5.32 Å². The minimum Gasteiger partial charge on any atom is -0.317 e. The molecule has 1 saturated carbocycles. The van der Waals surface area contributed by atoms with Crippen LogP contribution in [0.1, 0.15) is 19.3 Å². The Balaban J connectivity index is 2.36. The molecule has 4 nitrogen and oxygen atoms in total. The van der Waals surface area contributed by atoms with Crippen molar-refractivity contribution in [3.63, 3.8) is 0 Å². The van der Waals surface area contributed by atoms with Gasteiger partial charge in [0.2, 0.25) is 0 Å². The van der Waals surface area contributed by atoms with Gasteiger partial charge in [-0.1, -0.05) is 0 Å². The molecule has 0 radical (unpaired) electrons. The molecule has 15 heavy (non-hydrogen) atoms. The monoisotopic (exact) mass is 253 g/mol. The van der Waals surface area contributed by atoms with Crippen molar-refractivity contribution in [3.8, 4) is 0 Å². The first-order chi connectivity index (χ1) is 6.92. The first-order valence-electron chi connectivity index (χ1n) is 5.14. The summed E-state index contributed by atoms with van der Waals surface area (Å²) < 4.78 is 33.6. The molecule has 1 N–H and O–H groups in total. The third kappa shape index (κ3) is 4.61. The fraction of sp³-hybridized carbons (Fsp3) is 1.00. The summed E-state index contributed by atoms with van der Waals surface area (Å²) >= 11 is 0. The van der Waals surface area contributed by atoms with Crippen LogP contribution in [0.25, 0.3) is 0 Å². The second kappa shape index (κ2) is 5.41. The molecule has 1 fully saturated rings. The van der Waals surface area contributed by atoms with Gasteiger partial charge in [-0.15, -0.1) is 0 Å². The molecule has 90 valence electrons. The maximum Gasteiger partial charge on any atom is 0.148 e. The Labute approximate surface area is 94.2 Å². The van der Waals surface area contributed by atoms with Crippen LogP contribution in [0.2, 0.25) is 0 Å². The largest absolute Gasteiger partial charge is 0.317 e. The fourth-order valence-electron chi connectivity index (χ4n) is 1.84. The molecule has 6 heteroatoms. The Morgan fingerprint density at radius 2 is 2.07 bits per heavy atom. The smallest absolute Gasteiger partial charge is 0.148 e. The van der Waals surface area contributed by atoms with E-state index in [9.17, 15) is 12.6 Å². The average molecular weight is 253 g/mol. The van der Waals surface area contributed by atoms with E-state index in [4.69, 9.17) is 0 Å². The summed E-state index contributed by atoms with van der Waals surface area (Å²) in [6.45, 7) is 0. The van der Waals surface area contributed by atoms with E-state index >= 15 is 0 Å². The van der Waals surface area contributed by atoms with Crippen molar-refractivity contribution < 1.29 is 12.6 Å². The maximum absolute atomic E-state index is 11.8. The third-order valence-corrected chi connectivity index (χ3v) is 5.80. The van der Waals surface area contributed by atoms with E-state index in [-0.39, 0.29) is 11.0 Å². The maximum atomic E-state index is 11.8. The van der Waals surface area contributed by atoms with Gasteiger partial charge < -0.3 is 5.32 Å². The van der Waals surface area contributed by atoms with Gasteiger partial charge in [0.1, 0.15) is 9.84 Å². The van der Waals surface area contributed by atoms with Crippen molar-refractivity contribution in [2.75, 3.05) is 24.8 Å². The highest BCUT2D eigenvalue weighted by Crippen LogP contribution is 2.23. The van der Waals surface area contributed by atoms with Crippen LogP contribution in [0.3, 0.4) is 0 Å².